The van der Waals surface area contributed by atoms with Gasteiger partial charge in [-0.05, 0) is 54.8 Å². The van der Waals surface area contributed by atoms with Crippen LogP contribution < -0.4 is 20.7 Å². The SMILES string of the molecule is COc1ccc(C(OC[C@@]2(C(C)O)O[C@@H](n3cc(C)c(=O)[nH]c3=O)C[C@@H]2O)(c2ccccc2)c2ccc(OC)cc2)cc1. The summed E-state index contributed by atoms with van der Waals surface area (Å²) in [6.45, 7) is 2.83. The van der Waals surface area contributed by atoms with E-state index < -0.39 is 40.9 Å². The van der Waals surface area contributed by atoms with Crippen LogP contribution in [0.15, 0.2) is 94.6 Å². The molecule has 226 valence electrons. The van der Waals surface area contributed by atoms with E-state index in [2.05, 4.69) is 4.98 Å². The van der Waals surface area contributed by atoms with E-state index in [-0.39, 0.29) is 13.0 Å². The first-order chi connectivity index (χ1) is 20.6. The van der Waals surface area contributed by atoms with Crippen LogP contribution in [0.1, 0.15) is 41.8 Å². The highest BCUT2D eigenvalue weighted by Crippen LogP contribution is 2.45. The van der Waals surface area contributed by atoms with Gasteiger partial charge in [0.15, 0.2) is 0 Å². The minimum atomic E-state index is -1.62. The number of aliphatic hydroxyl groups is 2. The van der Waals surface area contributed by atoms with Crippen LogP contribution in [-0.2, 0) is 15.1 Å². The Morgan fingerprint density at radius 3 is 2.00 bits per heavy atom. The molecule has 3 N–H and O–H groups in total. The van der Waals surface area contributed by atoms with Crippen molar-refractivity contribution >= 4 is 0 Å². The van der Waals surface area contributed by atoms with Crippen LogP contribution in [0.4, 0.5) is 0 Å². The van der Waals surface area contributed by atoms with Gasteiger partial charge in [0.25, 0.3) is 5.56 Å². The van der Waals surface area contributed by atoms with Gasteiger partial charge in [-0.15, -0.1) is 0 Å². The zero-order valence-electron chi connectivity index (χ0n) is 24.5. The first-order valence-electron chi connectivity index (χ1n) is 14.0. The molecule has 0 amide bonds. The summed E-state index contributed by atoms with van der Waals surface area (Å²) in [7, 11) is 3.19. The molecule has 3 aromatic carbocycles. The Morgan fingerprint density at radius 1 is 0.953 bits per heavy atom. The van der Waals surface area contributed by atoms with Crippen molar-refractivity contribution in [2.24, 2.45) is 0 Å². The fraction of sp³-hybridized carbons (Fsp3) is 0.333. The van der Waals surface area contributed by atoms with E-state index >= 15 is 0 Å². The van der Waals surface area contributed by atoms with Crippen LogP contribution in [0, 0.1) is 6.92 Å². The van der Waals surface area contributed by atoms with Crippen molar-refractivity contribution in [2.75, 3.05) is 20.8 Å². The fourth-order valence-electron chi connectivity index (χ4n) is 5.66. The summed E-state index contributed by atoms with van der Waals surface area (Å²) in [5.74, 6) is 1.33. The number of aromatic nitrogens is 2. The number of hydrogen-bond donors (Lipinski definition) is 3. The lowest BCUT2D eigenvalue weighted by molar-refractivity contribution is -0.201. The molecule has 0 saturated carbocycles. The number of rotatable bonds is 10. The van der Waals surface area contributed by atoms with E-state index in [0.717, 1.165) is 16.7 Å². The largest absolute Gasteiger partial charge is 0.497 e. The minimum Gasteiger partial charge on any atom is -0.497 e. The fourth-order valence-corrected chi connectivity index (χ4v) is 5.66. The topological polar surface area (TPSA) is 132 Å². The smallest absolute Gasteiger partial charge is 0.330 e. The van der Waals surface area contributed by atoms with Crippen molar-refractivity contribution in [3.8, 4) is 11.5 Å². The maximum atomic E-state index is 12.7. The van der Waals surface area contributed by atoms with Gasteiger partial charge in [-0.1, -0.05) is 54.6 Å². The summed E-state index contributed by atoms with van der Waals surface area (Å²) in [6, 6.07) is 24.6. The Bertz CT molecular complexity index is 1600. The summed E-state index contributed by atoms with van der Waals surface area (Å²) in [5.41, 5.74) is -1.39. The lowest BCUT2D eigenvalue weighted by Gasteiger charge is -2.41. The molecule has 1 aromatic heterocycles. The maximum absolute atomic E-state index is 12.7. The van der Waals surface area contributed by atoms with E-state index in [1.807, 2.05) is 78.9 Å². The van der Waals surface area contributed by atoms with Gasteiger partial charge in [0.2, 0.25) is 0 Å². The van der Waals surface area contributed by atoms with Gasteiger partial charge in [0, 0.05) is 18.2 Å². The average molecular weight is 589 g/mol. The normalized spacial score (nSPS) is 21.0. The number of benzene rings is 3. The molecule has 1 fully saturated rings. The molecular weight excluding hydrogens is 552 g/mol. The Hall–Kier alpha value is -4.22. The number of nitrogens with zero attached hydrogens (tertiary/aromatic N) is 1. The van der Waals surface area contributed by atoms with E-state index in [1.165, 1.54) is 17.7 Å². The molecule has 1 aliphatic rings. The third-order valence-electron chi connectivity index (χ3n) is 8.20. The number of methoxy groups -OCH3 is 2. The van der Waals surface area contributed by atoms with E-state index in [9.17, 15) is 19.8 Å². The molecule has 0 bridgehead atoms. The number of aromatic amines is 1. The minimum absolute atomic E-state index is 0.0109. The molecule has 0 aliphatic carbocycles. The predicted octanol–water partition coefficient (Wildman–Crippen LogP) is 3.27. The van der Waals surface area contributed by atoms with Crippen LogP contribution in [0.3, 0.4) is 0 Å². The standard InChI is InChI=1S/C33H36N2O8/c1-21-19-35(31(39)34-30(21)38)29-18-28(37)32(43-29,22(2)36)20-42-33(23-8-6-5-7-9-23,24-10-14-26(40-3)15-11-24)25-12-16-27(41-4)17-13-25/h5-17,19,22,28-29,36-37H,18,20H2,1-4H3,(H,34,38,39)/t22?,28-,29+,32-/m0/s1. The molecule has 1 aliphatic heterocycles. The second-order valence-electron chi connectivity index (χ2n) is 10.7. The zero-order valence-corrected chi connectivity index (χ0v) is 24.5. The first kappa shape index (κ1) is 30.2. The van der Waals surface area contributed by atoms with Crippen molar-refractivity contribution in [3.05, 3.63) is 128 Å². The molecule has 0 spiro atoms. The molecule has 1 unspecified atom stereocenters. The summed E-state index contributed by atoms with van der Waals surface area (Å²) < 4.78 is 25.3. The van der Waals surface area contributed by atoms with Gasteiger partial charge < -0.3 is 29.2 Å². The Balaban J connectivity index is 1.63. The summed E-state index contributed by atoms with van der Waals surface area (Å²) in [4.78, 5) is 26.9. The van der Waals surface area contributed by atoms with Gasteiger partial charge in [-0.3, -0.25) is 14.3 Å². The maximum Gasteiger partial charge on any atom is 0.330 e. The van der Waals surface area contributed by atoms with Crippen molar-refractivity contribution in [3.63, 3.8) is 0 Å². The molecule has 0 radical (unpaired) electrons. The molecule has 5 rings (SSSR count). The number of ether oxygens (including phenoxy) is 4. The molecule has 43 heavy (non-hydrogen) atoms. The summed E-state index contributed by atoms with van der Waals surface area (Å²) >= 11 is 0. The Morgan fingerprint density at radius 2 is 1.49 bits per heavy atom. The molecular formula is C33H36N2O8. The molecule has 1 saturated heterocycles. The second kappa shape index (κ2) is 12.2. The number of aliphatic hydroxyl groups excluding tert-OH is 2. The number of aryl methyl sites for hydroxylation is 1. The second-order valence-corrected chi connectivity index (χ2v) is 10.7. The van der Waals surface area contributed by atoms with Crippen LogP contribution in [-0.4, -0.2) is 58.4 Å². The van der Waals surface area contributed by atoms with Crippen LogP contribution in [0.25, 0.3) is 0 Å². The third-order valence-corrected chi connectivity index (χ3v) is 8.20. The van der Waals surface area contributed by atoms with Crippen LogP contribution in [0.5, 0.6) is 11.5 Å². The van der Waals surface area contributed by atoms with Gasteiger partial charge in [0.1, 0.15) is 28.9 Å². The summed E-state index contributed by atoms with van der Waals surface area (Å²) in [6.07, 6.45) is -1.99. The Labute approximate surface area is 249 Å². The molecule has 2 heterocycles. The van der Waals surface area contributed by atoms with Gasteiger partial charge in [-0.2, -0.15) is 0 Å². The monoisotopic (exact) mass is 588 g/mol. The first-order valence-corrected chi connectivity index (χ1v) is 14.0. The van der Waals surface area contributed by atoms with Crippen molar-refractivity contribution in [1.29, 1.82) is 0 Å². The number of hydrogen-bond acceptors (Lipinski definition) is 8. The zero-order chi connectivity index (χ0) is 30.8. The highest BCUT2D eigenvalue weighted by molar-refractivity contribution is 5.49. The highest BCUT2D eigenvalue weighted by Gasteiger charge is 2.54. The summed E-state index contributed by atoms with van der Waals surface area (Å²) in [5, 5.41) is 22.5. The molecule has 10 heteroatoms. The van der Waals surface area contributed by atoms with Crippen LogP contribution in [0.2, 0.25) is 0 Å². The van der Waals surface area contributed by atoms with Gasteiger partial charge >= 0.3 is 5.69 Å². The van der Waals surface area contributed by atoms with Crippen molar-refractivity contribution in [1.82, 2.24) is 9.55 Å². The van der Waals surface area contributed by atoms with Crippen molar-refractivity contribution in [2.45, 2.75) is 49.9 Å². The Kier molecular flexibility index (Phi) is 8.57. The highest BCUT2D eigenvalue weighted by atomic mass is 16.6. The van der Waals surface area contributed by atoms with Gasteiger partial charge in [-0.25, -0.2) is 4.79 Å². The quantitative estimate of drug-likeness (QED) is 0.241. The van der Waals surface area contributed by atoms with E-state index in [0.29, 0.717) is 17.1 Å². The lowest BCUT2D eigenvalue weighted by atomic mass is 9.79. The van der Waals surface area contributed by atoms with Crippen LogP contribution >= 0.6 is 0 Å². The predicted molar refractivity (Wildman–Crippen MR) is 159 cm³/mol. The van der Waals surface area contributed by atoms with E-state index in [1.54, 1.807) is 21.1 Å². The molecule has 10 nitrogen and oxygen atoms in total. The van der Waals surface area contributed by atoms with Crippen molar-refractivity contribution < 1.29 is 29.2 Å². The molecule has 4 atom stereocenters. The van der Waals surface area contributed by atoms with Gasteiger partial charge in [0.05, 0.1) is 33.0 Å². The van der Waals surface area contributed by atoms with E-state index in [4.69, 9.17) is 18.9 Å². The molecule has 4 aromatic rings. The lowest BCUT2D eigenvalue weighted by Crippen LogP contribution is -2.54. The average Bonchev–Trinajstić information content (AvgIpc) is 3.37. The third kappa shape index (κ3) is 5.50. The number of nitrogens with one attached hydrogen (secondary N) is 1. The number of H-pyrrole nitrogens is 1.